The Morgan fingerprint density at radius 2 is 2.36 bits per heavy atom. The molecule has 0 unspecified atom stereocenters. The zero-order valence-corrected chi connectivity index (χ0v) is 11.9. The number of amides is 1. The van der Waals surface area contributed by atoms with E-state index in [2.05, 4.69) is 20.3 Å². The average molecular weight is 298 g/mol. The van der Waals surface area contributed by atoms with E-state index in [4.69, 9.17) is 9.47 Å². The second kappa shape index (κ2) is 6.21. The lowest BCUT2D eigenvalue weighted by Gasteiger charge is -2.16. The topological polar surface area (TPSA) is 86.2 Å². The van der Waals surface area contributed by atoms with E-state index < -0.39 is 0 Å². The molecule has 0 atom stereocenters. The van der Waals surface area contributed by atoms with Crippen LogP contribution in [-0.4, -0.2) is 34.6 Å². The van der Waals surface area contributed by atoms with Crippen LogP contribution in [0.3, 0.4) is 0 Å². The third-order valence-electron chi connectivity index (χ3n) is 3.15. The summed E-state index contributed by atoms with van der Waals surface area (Å²) >= 11 is 0. The number of aromatic nitrogens is 3. The van der Waals surface area contributed by atoms with Crippen molar-refractivity contribution in [1.29, 1.82) is 0 Å². The number of nitrogens with one attached hydrogen (secondary N) is 1. The van der Waals surface area contributed by atoms with E-state index in [-0.39, 0.29) is 12.5 Å². The summed E-state index contributed by atoms with van der Waals surface area (Å²) in [5.41, 5.74) is 2.13. The average Bonchev–Trinajstić information content (AvgIpc) is 2.59. The molecule has 112 valence electrons. The zero-order valence-electron chi connectivity index (χ0n) is 11.9. The van der Waals surface area contributed by atoms with Gasteiger partial charge < -0.3 is 14.8 Å². The zero-order chi connectivity index (χ0) is 15.4. The number of methoxy groups -OCH3 is 1. The van der Waals surface area contributed by atoms with Crippen LogP contribution < -0.4 is 14.8 Å². The minimum absolute atomic E-state index is 0.190. The third-order valence-corrected chi connectivity index (χ3v) is 3.15. The van der Waals surface area contributed by atoms with Gasteiger partial charge in [0.2, 0.25) is 11.8 Å². The molecule has 0 aliphatic carbocycles. The van der Waals surface area contributed by atoms with Crippen molar-refractivity contribution in [3.63, 3.8) is 0 Å². The lowest BCUT2D eigenvalue weighted by atomic mass is 10.1. The van der Waals surface area contributed by atoms with Gasteiger partial charge in [0.25, 0.3) is 5.91 Å². The maximum atomic E-state index is 12.2. The molecule has 3 rings (SSSR count). The minimum atomic E-state index is -0.190. The summed E-state index contributed by atoms with van der Waals surface area (Å²) in [5, 5.41) is 2.84. The van der Waals surface area contributed by atoms with Gasteiger partial charge in [0, 0.05) is 25.0 Å². The standard InChI is InChI=1S/C15H14N4O3/c1-21-13-4-10(2-3-17-13)6-18-14(20)12-5-11-7-16-9-19-15(11)22-8-12/h2-5,7,9H,6,8H2,1H3,(H,18,20). The molecule has 0 radical (unpaired) electrons. The number of ether oxygens (including phenoxy) is 2. The molecule has 7 nitrogen and oxygen atoms in total. The summed E-state index contributed by atoms with van der Waals surface area (Å²) in [4.78, 5) is 24.1. The molecule has 0 aromatic carbocycles. The first-order chi connectivity index (χ1) is 10.8. The van der Waals surface area contributed by atoms with Gasteiger partial charge in [-0.15, -0.1) is 0 Å². The second-order valence-electron chi connectivity index (χ2n) is 4.63. The van der Waals surface area contributed by atoms with Gasteiger partial charge >= 0.3 is 0 Å². The van der Waals surface area contributed by atoms with E-state index in [0.717, 1.165) is 5.56 Å². The smallest absolute Gasteiger partial charge is 0.250 e. The number of carbonyl (C=O) groups excluding carboxylic acids is 1. The summed E-state index contributed by atoms with van der Waals surface area (Å²) in [7, 11) is 1.55. The van der Waals surface area contributed by atoms with Gasteiger partial charge in [-0.05, 0) is 17.7 Å². The van der Waals surface area contributed by atoms with E-state index in [1.54, 1.807) is 31.6 Å². The van der Waals surface area contributed by atoms with Crippen molar-refractivity contribution >= 4 is 12.0 Å². The lowest BCUT2D eigenvalue weighted by Crippen LogP contribution is -2.28. The SMILES string of the molecule is COc1cc(CNC(=O)C2=Cc3cncnc3OC2)ccn1. The number of fused-ring (bicyclic) bond motifs is 1. The van der Waals surface area contributed by atoms with E-state index in [1.807, 2.05) is 6.07 Å². The Hall–Kier alpha value is -2.96. The van der Waals surface area contributed by atoms with Crippen molar-refractivity contribution in [2.24, 2.45) is 0 Å². The molecule has 0 bridgehead atoms. The van der Waals surface area contributed by atoms with Crippen molar-refractivity contribution in [1.82, 2.24) is 20.3 Å². The van der Waals surface area contributed by atoms with E-state index >= 15 is 0 Å². The predicted octanol–water partition coefficient (Wildman–Crippen LogP) is 0.972. The summed E-state index contributed by atoms with van der Waals surface area (Å²) in [6, 6.07) is 3.59. The fourth-order valence-corrected chi connectivity index (χ4v) is 2.02. The van der Waals surface area contributed by atoms with Crippen LogP contribution in [0.15, 0.2) is 36.4 Å². The van der Waals surface area contributed by atoms with Gasteiger partial charge in [0.05, 0.1) is 18.2 Å². The van der Waals surface area contributed by atoms with Crippen molar-refractivity contribution < 1.29 is 14.3 Å². The van der Waals surface area contributed by atoms with Crippen LogP contribution in [0.2, 0.25) is 0 Å². The first-order valence-electron chi connectivity index (χ1n) is 6.67. The molecule has 0 fully saturated rings. The molecule has 0 saturated heterocycles. The monoisotopic (exact) mass is 298 g/mol. The maximum Gasteiger partial charge on any atom is 0.250 e. The van der Waals surface area contributed by atoms with Crippen LogP contribution in [0.25, 0.3) is 6.08 Å². The Morgan fingerprint density at radius 1 is 1.45 bits per heavy atom. The van der Waals surface area contributed by atoms with Gasteiger partial charge in [-0.1, -0.05) is 0 Å². The van der Waals surface area contributed by atoms with Crippen LogP contribution in [0.5, 0.6) is 11.8 Å². The molecule has 3 heterocycles. The van der Waals surface area contributed by atoms with Crippen molar-refractivity contribution in [2.75, 3.05) is 13.7 Å². The number of pyridine rings is 1. The molecule has 2 aromatic heterocycles. The van der Waals surface area contributed by atoms with Crippen LogP contribution >= 0.6 is 0 Å². The quantitative estimate of drug-likeness (QED) is 0.905. The summed E-state index contributed by atoms with van der Waals surface area (Å²) in [6.07, 6.45) is 6.40. The molecule has 1 aliphatic heterocycles. The van der Waals surface area contributed by atoms with Crippen LogP contribution in [0, 0.1) is 0 Å². The molecule has 7 heteroatoms. The Balaban J connectivity index is 1.66. The lowest BCUT2D eigenvalue weighted by molar-refractivity contribution is -0.117. The highest BCUT2D eigenvalue weighted by molar-refractivity contribution is 5.98. The first-order valence-corrected chi connectivity index (χ1v) is 6.67. The third kappa shape index (κ3) is 3.03. The second-order valence-corrected chi connectivity index (χ2v) is 4.63. The van der Waals surface area contributed by atoms with E-state index in [9.17, 15) is 4.79 Å². The number of carbonyl (C=O) groups is 1. The fourth-order valence-electron chi connectivity index (χ4n) is 2.02. The molecule has 1 aliphatic rings. The largest absolute Gasteiger partial charge is 0.481 e. The fraction of sp³-hybridized carbons (Fsp3) is 0.200. The Bertz CT molecular complexity index is 730. The Kier molecular flexibility index (Phi) is 3.95. The number of nitrogens with zero attached hydrogens (tertiary/aromatic N) is 3. The summed E-state index contributed by atoms with van der Waals surface area (Å²) in [6.45, 7) is 0.572. The molecule has 1 amide bonds. The van der Waals surface area contributed by atoms with Crippen molar-refractivity contribution in [2.45, 2.75) is 6.54 Å². The van der Waals surface area contributed by atoms with E-state index in [0.29, 0.717) is 29.4 Å². The van der Waals surface area contributed by atoms with Crippen LogP contribution in [-0.2, 0) is 11.3 Å². The Labute approximate surface area is 127 Å². The summed E-state index contributed by atoms with van der Waals surface area (Å²) in [5.74, 6) is 0.814. The molecule has 2 aromatic rings. The van der Waals surface area contributed by atoms with Crippen molar-refractivity contribution in [3.8, 4) is 11.8 Å². The molecule has 22 heavy (non-hydrogen) atoms. The number of rotatable bonds is 4. The molecular formula is C15H14N4O3. The Morgan fingerprint density at radius 3 is 3.23 bits per heavy atom. The molecule has 1 N–H and O–H groups in total. The van der Waals surface area contributed by atoms with Crippen LogP contribution in [0.1, 0.15) is 11.1 Å². The van der Waals surface area contributed by atoms with Gasteiger partial charge in [-0.25, -0.2) is 15.0 Å². The van der Waals surface area contributed by atoms with Crippen molar-refractivity contribution in [3.05, 3.63) is 47.6 Å². The van der Waals surface area contributed by atoms with E-state index in [1.165, 1.54) is 6.33 Å². The maximum absolute atomic E-state index is 12.2. The highest BCUT2D eigenvalue weighted by Crippen LogP contribution is 2.22. The predicted molar refractivity (Wildman–Crippen MR) is 78.1 cm³/mol. The van der Waals surface area contributed by atoms with Crippen LogP contribution in [0.4, 0.5) is 0 Å². The normalized spacial score (nSPS) is 12.7. The number of hydrogen-bond donors (Lipinski definition) is 1. The van der Waals surface area contributed by atoms with Gasteiger partial charge in [-0.2, -0.15) is 0 Å². The van der Waals surface area contributed by atoms with Gasteiger partial charge in [0.1, 0.15) is 12.9 Å². The molecular weight excluding hydrogens is 284 g/mol. The van der Waals surface area contributed by atoms with Gasteiger partial charge in [-0.3, -0.25) is 4.79 Å². The number of hydrogen-bond acceptors (Lipinski definition) is 6. The van der Waals surface area contributed by atoms with Gasteiger partial charge in [0.15, 0.2) is 0 Å². The molecule has 0 saturated carbocycles. The summed E-state index contributed by atoms with van der Waals surface area (Å²) < 4.78 is 10.5. The first kappa shape index (κ1) is 14.0. The molecule has 0 spiro atoms. The highest BCUT2D eigenvalue weighted by atomic mass is 16.5. The highest BCUT2D eigenvalue weighted by Gasteiger charge is 2.17. The minimum Gasteiger partial charge on any atom is -0.481 e.